The van der Waals surface area contributed by atoms with Gasteiger partial charge in [0.25, 0.3) is 0 Å². The minimum absolute atomic E-state index is 0.00951. The van der Waals surface area contributed by atoms with Crippen LogP contribution >= 0.6 is 15.9 Å². The summed E-state index contributed by atoms with van der Waals surface area (Å²) in [5.74, 6) is -1.01. The molecule has 0 saturated heterocycles. The zero-order valence-electron chi connectivity index (χ0n) is 11.5. The number of phenolic OH excluding ortho intramolecular Hbond substituents is 1. The Bertz CT molecular complexity index is 690. The average molecular weight is 433 g/mol. The summed E-state index contributed by atoms with van der Waals surface area (Å²) in [6.07, 6.45) is 3.49. The van der Waals surface area contributed by atoms with Gasteiger partial charge in [-0.15, -0.1) is 0 Å². The Kier molecular flexibility index (Phi) is 6.83. The first-order chi connectivity index (χ1) is 10.2. The fraction of sp³-hybridized carbons (Fsp3) is 0.0769. The van der Waals surface area contributed by atoms with Gasteiger partial charge in [0.15, 0.2) is 0 Å². The van der Waals surface area contributed by atoms with Crippen molar-refractivity contribution in [2.45, 2.75) is 6.92 Å². The van der Waals surface area contributed by atoms with Crippen LogP contribution in [0.15, 0.2) is 47.2 Å². The number of pyridine rings is 1. The molecular formula is C13H14AsBrN2O5. The van der Waals surface area contributed by atoms with Crippen LogP contribution in [0.5, 0.6) is 5.75 Å². The Morgan fingerprint density at radius 3 is 2.36 bits per heavy atom. The van der Waals surface area contributed by atoms with Crippen molar-refractivity contribution in [2.75, 3.05) is 5.32 Å². The van der Waals surface area contributed by atoms with E-state index in [1.165, 1.54) is 19.1 Å². The number of nitrogens with zero attached hydrogens (tertiary/aromatic N) is 1. The first kappa shape index (κ1) is 18.4. The predicted molar refractivity (Wildman–Crippen MR) is 84.9 cm³/mol. The molecule has 0 aliphatic rings. The molecule has 0 bridgehead atoms. The van der Waals surface area contributed by atoms with E-state index in [4.69, 9.17) is 8.19 Å². The Hall–Kier alpha value is -1.60. The van der Waals surface area contributed by atoms with E-state index in [1.54, 1.807) is 12.4 Å². The third kappa shape index (κ3) is 6.03. The number of carbonyl (C=O) groups is 1. The van der Waals surface area contributed by atoms with Crippen molar-refractivity contribution >= 4 is 46.0 Å². The standard InChI is InChI=1S/C8H10AsNO5.C5H4BrN/c1-5(11)10-7-4-2-3-6(8(7)12)9(13,14)15;6-5-2-1-3-7-4-5/h2-4,12H,1H3,(H,10,11)(H2,13,14,15);1-4H. The Morgan fingerprint density at radius 1 is 1.27 bits per heavy atom. The zero-order chi connectivity index (χ0) is 16.8. The molecule has 0 radical (unpaired) electrons. The van der Waals surface area contributed by atoms with Crippen LogP contribution in [0, 0.1) is 0 Å². The van der Waals surface area contributed by atoms with Gasteiger partial charge >= 0.3 is 88.1 Å². The van der Waals surface area contributed by atoms with Crippen molar-refractivity contribution in [2.24, 2.45) is 0 Å². The number of nitrogens with one attached hydrogen (secondary N) is 1. The number of aromatic hydroxyl groups is 1. The van der Waals surface area contributed by atoms with Crippen LogP contribution in [0.25, 0.3) is 0 Å². The second-order valence-corrected chi connectivity index (χ2v) is 8.28. The van der Waals surface area contributed by atoms with Crippen molar-refractivity contribution < 1.29 is 21.8 Å². The van der Waals surface area contributed by atoms with Gasteiger partial charge < -0.3 is 0 Å². The van der Waals surface area contributed by atoms with Crippen LogP contribution in [-0.4, -0.2) is 38.4 Å². The van der Waals surface area contributed by atoms with Gasteiger partial charge in [0.05, 0.1) is 0 Å². The molecule has 2 aromatic rings. The van der Waals surface area contributed by atoms with Gasteiger partial charge in [0, 0.05) is 16.9 Å². The third-order valence-corrected chi connectivity index (χ3v) is 4.81. The average Bonchev–Trinajstić information content (AvgIpc) is 2.41. The topological polar surface area (TPSA) is 120 Å². The zero-order valence-corrected chi connectivity index (χ0v) is 14.9. The molecule has 7 nitrogen and oxygen atoms in total. The van der Waals surface area contributed by atoms with Gasteiger partial charge in [-0.25, -0.2) is 0 Å². The van der Waals surface area contributed by atoms with Crippen LogP contribution < -0.4 is 9.67 Å². The van der Waals surface area contributed by atoms with Crippen molar-refractivity contribution in [1.29, 1.82) is 0 Å². The van der Waals surface area contributed by atoms with Crippen molar-refractivity contribution in [3.05, 3.63) is 47.2 Å². The molecule has 4 N–H and O–H groups in total. The number of amides is 1. The van der Waals surface area contributed by atoms with Crippen LogP contribution in [-0.2, 0) is 8.53 Å². The molecule has 118 valence electrons. The number of phenols is 1. The maximum atomic E-state index is 11.0. The van der Waals surface area contributed by atoms with E-state index < -0.39 is 30.2 Å². The van der Waals surface area contributed by atoms with Crippen molar-refractivity contribution in [3.8, 4) is 5.75 Å². The van der Waals surface area contributed by atoms with E-state index >= 15 is 0 Å². The van der Waals surface area contributed by atoms with Gasteiger partial charge in [-0.3, -0.25) is 4.98 Å². The molecule has 1 amide bonds. The molecule has 1 heterocycles. The number of aromatic nitrogens is 1. The Morgan fingerprint density at radius 2 is 1.95 bits per heavy atom. The number of rotatable bonds is 2. The summed E-state index contributed by atoms with van der Waals surface area (Å²) >= 11 is -1.90. The SMILES string of the molecule is Brc1cccnc1.CC(=O)Nc1cccc([As](=O)(O)O)c1O. The summed E-state index contributed by atoms with van der Waals surface area (Å²) in [5.41, 5.74) is -0.00951. The van der Waals surface area contributed by atoms with Gasteiger partial charge in [-0.1, -0.05) is 0 Å². The van der Waals surface area contributed by atoms with Crippen molar-refractivity contribution in [1.82, 2.24) is 4.98 Å². The monoisotopic (exact) mass is 432 g/mol. The molecule has 9 heteroatoms. The minimum atomic E-state index is -5.15. The molecule has 0 spiro atoms. The van der Waals surface area contributed by atoms with E-state index in [2.05, 4.69) is 26.2 Å². The summed E-state index contributed by atoms with van der Waals surface area (Å²) in [4.78, 5) is 14.6. The fourth-order valence-corrected chi connectivity index (χ4v) is 3.09. The molecule has 0 aliphatic carbocycles. The van der Waals surface area contributed by atoms with Gasteiger partial charge in [-0.05, 0) is 28.1 Å². The van der Waals surface area contributed by atoms with Crippen LogP contribution in [0.2, 0.25) is 0 Å². The number of hydrogen-bond donors (Lipinski definition) is 4. The van der Waals surface area contributed by atoms with E-state index in [0.717, 1.165) is 10.5 Å². The number of anilines is 1. The van der Waals surface area contributed by atoms with E-state index in [0.29, 0.717) is 0 Å². The molecule has 0 atom stereocenters. The molecule has 1 aromatic carbocycles. The molecule has 0 aliphatic heterocycles. The molecule has 22 heavy (non-hydrogen) atoms. The number of para-hydroxylation sites is 1. The van der Waals surface area contributed by atoms with Gasteiger partial charge in [0.1, 0.15) is 0 Å². The predicted octanol–water partition coefficient (Wildman–Crippen LogP) is 0.756. The van der Waals surface area contributed by atoms with E-state index in [9.17, 15) is 13.6 Å². The van der Waals surface area contributed by atoms with Crippen LogP contribution in [0.4, 0.5) is 5.69 Å². The summed E-state index contributed by atoms with van der Waals surface area (Å²) in [5, 5.41) is 11.7. The second kappa shape index (κ2) is 8.14. The molecule has 0 unspecified atom stereocenters. The maximum absolute atomic E-state index is 11.0. The molecule has 1 aromatic heterocycles. The van der Waals surface area contributed by atoms with E-state index in [-0.39, 0.29) is 5.69 Å². The molecule has 0 saturated carbocycles. The Balaban J connectivity index is 0.000000287. The number of halogens is 1. The molecule has 2 rings (SSSR count). The number of benzene rings is 1. The van der Waals surface area contributed by atoms with E-state index in [1.807, 2.05) is 12.1 Å². The summed E-state index contributed by atoms with van der Waals surface area (Å²) in [6, 6.07) is 7.64. The molecule has 0 fully saturated rings. The summed E-state index contributed by atoms with van der Waals surface area (Å²) in [7, 11) is 0. The van der Waals surface area contributed by atoms with Crippen LogP contribution in [0.3, 0.4) is 0 Å². The van der Waals surface area contributed by atoms with Gasteiger partial charge in [-0.2, -0.15) is 0 Å². The second-order valence-electron chi connectivity index (χ2n) is 4.07. The summed E-state index contributed by atoms with van der Waals surface area (Å²) in [6.45, 7) is 1.23. The van der Waals surface area contributed by atoms with Gasteiger partial charge in [0.2, 0.25) is 0 Å². The number of carbonyl (C=O) groups excluding carboxylic acids is 1. The van der Waals surface area contributed by atoms with Crippen LogP contribution in [0.1, 0.15) is 6.92 Å². The fourth-order valence-electron chi connectivity index (χ4n) is 1.40. The first-order valence-electron chi connectivity index (χ1n) is 5.93. The third-order valence-electron chi connectivity index (χ3n) is 2.26. The van der Waals surface area contributed by atoms with Crippen molar-refractivity contribution in [3.63, 3.8) is 0 Å². The summed E-state index contributed by atoms with van der Waals surface area (Å²) < 4.78 is 29.4. The normalized spacial score (nSPS) is 10.4. The number of hydrogen-bond acceptors (Lipinski definition) is 4. The quantitative estimate of drug-likeness (QED) is 0.410. The first-order valence-corrected chi connectivity index (χ1v) is 10.1. The Labute approximate surface area is 138 Å². The molecular weight excluding hydrogens is 419 g/mol.